The SMILES string of the molecule is N#Cc1cnn(C(=O)C2C=CC(c3ccco3)=NC2=O)c1N. The number of nitrogens with two attached hydrogens (primary N) is 1. The normalized spacial score (nSPS) is 17.1. The summed E-state index contributed by atoms with van der Waals surface area (Å²) >= 11 is 0. The van der Waals surface area contributed by atoms with Crippen molar-refractivity contribution in [2.24, 2.45) is 10.9 Å². The molecule has 2 aromatic heterocycles. The van der Waals surface area contributed by atoms with Crippen LogP contribution in [0.5, 0.6) is 0 Å². The van der Waals surface area contributed by atoms with Gasteiger partial charge in [0.25, 0.3) is 11.8 Å². The summed E-state index contributed by atoms with van der Waals surface area (Å²) in [6, 6.07) is 5.13. The molecule has 1 unspecified atom stereocenters. The number of nitriles is 1. The largest absolute Gasteiger partial charge is 0.463 e. The van der Waals surface area contributed by atoms with Crippen molar-refractivity contribution in [3.8, 4) is 6.07 Å². The number of nitrogen functional groups attached to an aromatic ring is 1. The van der Waals surface area contributed by atoms with Gasteiger partial charge in [-0.3, -0.25) is 9.59 Å². The second-order valence-corrected chi connectivity index (χ2v) is 4.45. The van der Waals surface area contributed by atoms with E-state index in [0.717, 1.165) is 4.68 Å². The predicted molar refractivity (Wildman–Crippen MR) is 74.9 cm³/mol. The molecule has 1 amide bonds. The first-order valence-electron chi connectivity index (χ1n) is 6.24. The van der Waals surface area contributed by atoms with Crippen molar-refractivity contribution in [2.75, 3.05) is 5.73 Å². The van der Waals surface area contributed by atoms with Crippen molar-refractivity contribution in [1.82, 2.24) is 9.78 Å². The molecule has 0 radical (unpaired) electrons. The lowest BCUT2D eigenvalue weighted by atomic mass is 10.0. The molecule has 1 aliphatic rings. The zero-order chi connectivity index (χ0) is 15.7. The van der Waals surface area contributed by atoms with E-state index in [-0.39, 0.29) is 11.4 Å². The fourth-order valence-corrected chi connectivity index (χ4v) is 2.00. The number of aromatic nitrogens is 2. The van der Waals surface area contributed by atoms with E-state index in [1.807, 2.05) is 0 Å². The third kappa shape index (κ3) is 2.10. The van der Waals surface area contributed by atoms with E-state index >= 15 is 0 Å². The number of anilines is 1. The van der Waals surface area contributed by atoms with Crippen LogP contribution < -0.4 is 5.73 Å². The van der Waals surface area contributed by atoms with Gasteiger partial charge in [-0.2, -0.15) is 15.0 Å². The van der Waals surface area contributed by atoms with E-state index in [1.54, 1.807) is 18.2 Å². The average molecular weight is 295 g/mol. The summed E-state index contributed by atoms with van der Waals surface area (Å²) in [5.41, 5.74) is 6.05. The molecule has 0 fully saturated rings. The van der Waals surface area contributed by atoms with Gasteiger partial charge >= 0.3 is 0 Å². The predicted octanol–water partition coefficient (Wildman–Crippen LogP) is 0.772. The topological polar surface area (TPSA) is 127 Å². The molecule has 22 heavy (non-hydrogen) atoms. The van der Waals surface area contributed by atoms with Gasteiger partial charge < -0.3 is 10.2 Å². The maximum absolute atomic E-state index is 12.3. The summed E-state index contributed by atoms with van der Waals surface area (Å²) in [5.74, 6) is -2.11. The van der Waals surface area contributed by atoms with Crippen LogP contribution in [0.3, 0.4) is 0 Å². The zero-order valence-electron chi connectivity index (χ0n) is 11.1. The molecular weight excluding hydrogens is 286 g/mol. The van der Waals surface area contributed by atoms with Gasteiger partial charge in [-0.25, -0.2) is 4.99 Å². The molecule has 0 aliphatic carbocycles. The number of hydrogen-bond acceptors (Lipinski definition) is 6. The number of amides is 1. The molecule has 3 heterocycles. The van der Waals surface area contributed by atoms with Gasteiger partial charge in [-0.1, -0.05) is 6.08 Å². The second kappa shape index (κ2) is 5.14. The first-order chi connectivity index (χ1) is 10.6. The van der Waals surface area contributed by atoms with Gasteiger partial charge in [0.1, 0.15) is 29.1 Å². The number of allylic oxidation sites excluding steroid dienone is 1. The minimum Gasteiger partial charge on any atom is -0.463 e. The van der Waals surface area contributed by atoms with Gasteiger partial charge in [0, 0.05) is 0 Å². The number of nitrogens with zero attached hydrogens (tertiary/aromatic N) is 4. The highest BCUT2D eigenvalue weighted by Gasteiger charge is 2.30. The number of furan rings is 1. The Balaban J connectivity index is 1.87. The monoisotopic (exact) mass is 295 g/mol. The minimum atomic E-state index is -1.13. The number of aliphatic imine (C=N–C) groups is 1. The van der Waals surface area contributed by atoms with Crippen molar-refractivity contribution in [1.29, 1.82) is 5.26 Å². The van der Waals surface area contributed by atoms with Crippen molar-refractivity contribution >= 4 is 23.3 Å². The molecule has 3 rings (SSSR count). The Morgan fingerprint density at radius 1 is 1.50 bits per heavy atom. The molecule has 0 aromatic carbocycles. The quantitative estimate of drug-likeness (QED) is 0.815. The summed E-state index contributed by atoms with van der Waals surface area (Å²) in [4.78, 5) is 28.2. The first kappa shape index (κ1) is 13.5. The van der Waals surface area contributed by atoms with Crippen molar-refractivity contribution < 1.29 is 14.0 Å². The lowest BCUT2D eigenvalue weighted by molar-refractivity contribution is -0.119. The van der Waals surface area contributed by atoms with Gasteiger partial charge in [-0.15, -0.1) is 0 Å². The molecule has 0 saturated carbocycles. The zero-order valence-corrected chi connectivity index (χ0v) is 11.1. The Hall–Kier alpha value is -3.47. The highest BCUT2D eigenvalue weighted by molar-refractivity contribution is 6.18. The fourth-order valence-electron chi connectivity index (χ4n) is 2.00. The number of dihydropyridines is 1. The second-order valence-electron chi connectivity index (χ2n) is 4.45. The number of rotatable bonds is 2. The molecule has 0 spiro atoms. The van der Waals surface area contributed by atoms with Gasteiger partial charge in [-0.05, 0) is 18.2 Å². The molecular formula is C14H9N5O3. The summed E-state index contributed by atoms with van der Waals surface area (Å²) in [6.45, 7) is 0. The number of hydrogen-bond donors (Lipinski definition) is 1. The molecule has 8 heteroatoms. The molecule has 1 aliphatic heterocycles. The summed E-state index contributed by atoms with van der Waals surface area (Å²) in [5, 5.41) is 12.5. The Kier molecular flexibility index (Phi) is 3.16. The van der Waals surface area contributed by atoms with E-state index in [4.69, 9.17) is 15.4 Å². The van der Waals surface area contributed by atoms with E-state index < -0.39 is 17.7 Å². The lowest BCUT2D eigenvalue weighted by Gasteiger charge is -2.12. The van der Waals surface area contributed by atoms with Crippen LogP contribution in [0.25, 0.3) is 0 Å². The average Bonchev–Trinajstić information content (AvgIpc) is 3.16. The van der Waals surface area contributed by atoms with Crippen LogP contribution in [0.15, 0.2) is 46.2 Å². The Labute approximate surface area is 124 Å². The number of carbonyl (C=O) groups excluding carboxylic acids is 2. The maximum Gasteiger partial charge on any atom is 0.265 e. The van der Waals surface area contributed by atoms with Crippen LogP contribution in [0.1, 0.15) is 16.1 Å². The van der Waals surface area contributed by atoms with E-state index in [0.29, 0.717) is 11.5 Å². The smallest absolute Gasteiger partial charge is 0.265 e. The van der Waals surface area contributed by atoms with Crippen molar-refractivity contribution in [2.45, 2.75) is 0 Å². The highest BCUT2D eigenvalue weighted by atomic mass is 16.3. The summed E-state index contributed by atoms with van der Waals surface area (Å²) in [7, 11) is 0. The summed E-state index contributed by atoms with van der Waals surface area (Å²) in [6.07, 6.45) is 5.56. The highest BCUT2D eigenvalue weighted by Crippen LogP contribution is 2.18. The van der Waals surface area contributed by atoms with Gasteiger partial charge in [0.2, 0.25) is 0 Å². The molecule has 2 N–H and O–H groups in total. The van der Waals surface area contributed by atoms with E-state index in [2.05, 4.69) is 10.1 Å². The van der Waals surface area contributed by atoms with Crippen LogP contribution in [0.2, 0.25) is 0 Å². The van der Waals surface area contributed by atoms with Crippen molar-refractivity contribution in [3.05, 3.63) is 48.1 Å². The molecule has 108 valence electrons. The van der Waals surface area contributed by atoms with Crippen LogP contribution in [-0.4, -0.2) is 27.3 Å². The Morgan fingerprint density at radius 2 is 2.32 bits per heavy atom. The van der Waals surface area contributed by atoms with Gasteiger partial charge in [0.15, 0.2) is 5.76 Å². The molecule has 8 nitrogen and oxygen atoms in total. The fraction of sp³-hybridized carbons (Fsp3) is 0.0714. The molecule has 1 atom stereocenters. The Morgan fingerprint density at radius 3 is 2.91 bits per heavy atom. The molecule has 0 bridgehead atoms. The van der Waals surface area contributed by atoms with Gasteiger partial charge in [0.05, 0.1) is 12.5 Å². The molecule has 0 saturated heterocycles. The van der Waals surface area contributed by atoms with Crippen LogP contribution >= 0.6 is 0 Å². The minimum absolute atomic E-state index is 0.0698. The van der Waals surface area contributed by atoms with E-state index in [9.17, 15) is 9.59 Å². The number of carbonyl (C=O) groups is 2. The van der Waals surface area contributed by atoms with Crippen LogP contribution in [-0.2, 0) is 4.79 Å². The standard InChI is InChI=1S/C14H9N5O3/c15-6-8-7-17-19(12(8)16)14(21)9-3-4-10(18-13(9)20)11-2-1-5-22-11/h1-5,7,9H,16H2. The van der Waals surface area contributed by atoms with Crippen LogP contribution in [0.4, 0.5) is 5.82 Å². The molecule has 2 aromatic rings. The van der Waals surface area contributed by atoms with Crippen LogP contribution in [0, 0.1) is 17.2 Å². The Bertz CT molecular complexity index is 852. The third-order valence-electron chi connectivity index (χ3n) is 3.12. The van der Waals surface area contributed by atoms with E-state index in [1.165, 1.54) is 24.6 Å². The maximum atomic E-state index is 12.3. The lowest BCUT2D eigenvalue weighted by Crippen LogP contribution is -2.30. The van der Waals surface area contributed by atoms with Crippen molar-refractivity contribution in [3.63, 3.8) is 0 Å². The first-order valence-corrected chi connectivity index (χ1v) is 6.24. The third-order valence-corrected chi connectivity index (χ3v) is 3.12. The summed E-state index contributed by atoms with van der Waals surface area (Å²) < 4.78 is 5.98.